The van der Waals surface area contributed by atoms with E-state index in [9.17, 15) is 12.8 Å². The van der Waals surface area contributed by atoms with Crippen LogP contribution in [-0.2, 0) is 9.84 Å². The molecule has 1 fully saturated rings. The van der Waals surface area contributed by atoms with Gasteiger partial charge < -0.3 is 4.42 Å². The number of halogens is 1. The first kappa shape index (κ1) is 18.2. The lowest BCUT2D eigenvalue weighted by molar-refractivity contribution is 0.582. The van der Waals surface area contributed by atoms with Crippen LogP contribution in [0.2, 0.25) is 0 Å². The first-order chi connectivity index (χ1) is 12.9. The van der Waals surface area contributed by atoms with Gasteiger partial charge in [-0.3, -0.25) is 0 Å². The van der Waals surface area contributed by atoms with Gasteiger partial charge in [0.15, 0.2) is 15.6 Å². The fraction of sp³-hybridized carbons (Fsp3) is 0.364. The Morgan fingerprint density at radius 1 is 1.04 bits per heavy atom. The molecule has 27 heavy (non-hydrogen) atoms. The molecule has 0 bridgehead atoms. The normalized spacial score (nSPS) is 15.9. The molecule has 0 aliphatic heterocycles. The predicted octanol–water partition coefficient (Wildman–Crippen LogP) is 6.08. The zero-order valence-corrected chi connectivity index (χ0v) is 16.4. The Bertz CT molecular complexity index is 1070. The maximum atomic E-state index is 13.3. The highest BCUT2D eigenvalue weighted by atomic mass is 32.2. The monoisotopic (exact) mass is 386 g/mol. The van der Waals surface area contributed by atoms with Gasteiger partial charge in [0.25, 0.3) is 0 Å². The van der Waals surface area contributed by atoms with Crippen molar-refractivity contribution in [2.75, 3.05) is 0 Å². The highest BCUT2D eigenvalue weighted by molar-refractivity contribution is 7.92. The zero-order chi connectivity index (χ0) is 19.2. The zero-order valence-electron chi connectivity index (χ0n) is 15.5. The summed E-state index contributed by atoms with van der Waals surface area (Å²) in [5, 5.41) is 0.0556. The van der Waals surface area contributed by atoms with Gasteiger partial charge in [-0.2, -0.15) is 0 Å². The number of hydrogen-bond acceptors (Lipinski definition) is 3. The summed E-state index contributed by atoms with van der Waals surface area (Å²) in [6, 6.07) is 11.7. The predicted molar refractivity (Wildman–Crippen MR) is 105 cm³/mol. The number of fused-ring (bicyclic) bond motifs is 1. The molecule has 0 unspecified atom stereocenters. The molecule has 3 aromatic rings. The summed E-state index contributed by atoms with van der Waals surface area (Å²) in [5.41, 5.74) is 2.29. The Kier molecular flexibility index (Phi) is 4.58. The minimum Gasteiger partial charge on any atom is -0.455 e. The summed E-state index contributed by atoms with van der Waals surface area (Å²) in [7, 11) is -3.58. The Labute approximate surface area is 159 Å². The summed E-state index contributed by atoms with van der Waals surface area (Å²) in [6.45, 7) is 3.34. The van der Waals surface area contributed by atoms with E-state index in [1.807, 2.05) is 18.2 Å². The Balaban J connectivity index is 1.98. The molecule has 0 spiro atoms. The number of hydrogen-bond donors (Lipinski definition) is 0. The van der Waals surface area contributed by atoms with E-state index in [1.54, 1.807) is 26.0 Å². The molecule has 3 nitrogen and oxygen atoms in total. The second-order valence-corrected chi connectivity index (χ2v) is 10.0. The van der Waals surface area contributed by atoms with Crippen molar-refractivity contribution in [1.82, 2.24) is 0 Å². The van der Waals surface area contributed by atoms with E-state index in [-0.39, 0.29) is 10.7 Å². The van der Waals surface area contributed by atoms with E-state index in [0.29, 0.717) is 28.2 Å². The van der Waals surface area contributed by atoms with Gasteiger partial charge in [-0.1, -0.05) is 18.9 Å². The molecule has 0 N–H and O–H groups in total. The molecule has 142 valence electrons. The molecule has 0 amide bonds. The van der Waals surface area contributed by atoms with Crippen LogP contribution >= 0.6 is 0 Å². The molecule has 4 rings (SSSR count). The van der Waals surface area contributed by atoms with Crippen molar-refractivity contribution < 1.29 is 17.2 Å². The van der Waals surface area contributed by atoms with Gasteiger partial charge in [-0.05, 0) is 74.6 Å². The van der Waals surface area contributed by atoms with Crippen molar-refractivity contribution in [2.45, 2.75) is 55.6 Å². The third kappa shape index (κ3) is 3.18. The highest BCUT2D eigenvalue weighted by Crippen LogP contribution is 2.41. The molecule has 1 heterocycles. The summed E-state index contributed by atoms with van der Waals surface area (Å²) < 4.78 is 45.7. The molecule has 0 saturated heterocycles. The fourth-order valence-corrected chi connectivity index (χ4v) is 5.27. The van der Waals surface area contributed by atoms with Crippen LogP contribution in [0.25, 0.3) is 22.3 Å². The first-order valence-electron chi connectivity index (χ1n) is 9.44. The van der Waals surface area contributed by atoms with Crippen molar-refractivity contribution in [1.29, 1.82) is 0 Å². The number of benzene rings is 2. The van der Waals surface area contributed by atoms with E-state index in [4.69, 9.17) is 4.42 Å². The highest BCUT2D eigenvalue weighted by Gasteiger charge is 2.30. The standard InChI is InChI=1S/C22H23FO3S/c1-14(2)27(24,25)22-19-13-17(15-5-3-4-6-15)9-12-20(19)26-21(22)16-7-10-18(23)11-8-16/h7-15H,3-6H2,1-2H3. The van der Waals surface area contributed by atoms with Crippen molar-refractivity contribution in [3.05, 3.63) is 53.8 Å². The van der Waals surface area contributed by atoms with Crippen LogP contribution in [0, 0.1) is 5.82 Å². The van der Waals surface area contributed by atoms with Gasteiger partial charge in [0, 0.05) is 10.9 Å². The van der Waals surface area contributed by atoms with Crippen molar-refractivity contribution >= 4 is 20.8 Å². The average Bonchev–Trinajstić information content (AvgIpc) is 3.29. The van der Waals surface area contributed by atoms with Crippen LogP contribution in [0.1, 0.15) is 51.0 Å². The first-order valence-corrected chi connectivity index (χ1v) is 11.0. The van der Waals surface area contributed by atoms with E-state index < -0.39 is 15.1 Å². The largest absolute Gasteiger partial charge is 0.455 e. The van der Waals surface area contributed by atoms with Crippen molar-refractivity contribution in [3.8, 4) is 11.3 Å². The lowest BCUT2D eigenvalue weighted by Crippen LogP contribution is -2.14. The summed E-state index contributed by atoms with van der Waals surface area (Å²) in [4.78, 5) is 0.221. The smallest absolute Gasteiger partial charge is 0.185 e. The molecule has 0 radical (unpaired) electrons. The molecule has 2 aromatic carbocycles. The van der Waals surface area contributed by atoms with Crippen LogP contribution in [-0.4, -0.2) is 13.7 Å². The third-order valence-corrected chi connectivity index (χ3v) is 7.72. The molecular formula is C22H23FO3S. The van der Waals surface area contributed by atoms with Crippen LogP contribution in [0.15, 0.2) is 51.8 Å². The number of rotatable bonds is 4. The van der Waals surface area contributed by atoms with Crippen LogP contribution in [0.4, 0.5) is 4.39 Å². The lowest BCUT2D eigenvalue weighted by Gasteiger charge is -2.11. The van der Waals surface area contributed by atoms with Crippen molar-refractivity contribution in [2.24, 2.45) is 0 Å². The van der Waals surface area contributed by atoms with E-state index >= 15 is 0 Å². The summed E-state index contributed by atoms with van der Waals surface area (Å²) >= 11 is 0. The maximum absolute atomic E-state index is 13.3. The van der Waals surface area contributed by atoms with Gasteiger partial charge in [0.05, 0.1) is 5.25 Å². The molecule has 1 saturated carbocycles. The van der Waals surface area contributed by atoms with E-state index in [0.717, 1.165) is 12.8 Å². The van der Waals surface area contributed by atoms with Gasteiger partial charge >= 0.3 is 0 Å². The Morgan fingerprint density at radius 2 is 1.70 bits per heavy atom. The second kappa shape index (κ2) is 6.79. The van der Waals surface area contributed by atoms with Gasteiger partial charge in [-0.15, -0.1) is 0 Å². The van der Waals surface area contributed by atoms with Crippen LogP contribution in [0.3, 0.4) is 0 Å². The maximum Gasteiger partial charge on any atom is 0.185 e. The number of sulfone groups is 1. The lowest BCUT2D eigenvalue weighted by atomic mass is 9.96. The molecule has 0 atom stereocenters. The van der Waals surface area contributed by atoms with E-state index in [1.165, 1.54) is 30.5 Å². The van der Waals surface area contributed by atoms with Crippen molar-refractivity contribution in [3.63, 3.8) is 0 Å². The van der Waals surface area contributed by atoms with Gasteiger partial charge in [0.1, 0.15) is 16.3 Å². The van der Waals surface area contributed by atoms with E-state index in [2.05, 4.69) is 0 Å². The minimum absolute atomic E-state index is 0.221. The average molecular weight is 386 g/mol. The summed E-state index contributed by atoms with van der Waals surface area (Å²) in [5.74, 6) is 0.405. The topological polar surface area (TPSA) is 47.3 Å². The third-order valence-electron chi connectivity index (χ3n) is 5.50. The minimum atomic E-state index is -3.58. The summed E-state index contributed by atoms with van der Waals surface area (Å²) in [6.07, 6.45) is 4.71. The molecule has 1 aliphatic rings. The molecule has 5 heteroatoms. The Hall–Kier alpha value is -2.14. The quantitative estimate of drug-likeness (QED) is 0.546. The molecule has 1 aliphatic carbocycles. The van der Waals surface area contributed by atoms with Gasteiger partial charge in [-0.25, -0.2) is 12.8 Å². The fourth-order valence-electron chi connectivity index (χ4n) is 3.92. The SMILES string of the molecule is CC(C)S(=O)(=O)c1c(-c2ccc(F)cc2)oc2ccc(C3CCCC3)cc12. The van der Waals surface area contributed by atoms with Crippen LogP contribution < -0.4 is 0 Å². The molecular weight excluding hydrogens is 363 g/mol. The number of furan rings is 1. The molecule has 1 aromatic heterocycles. The van der Waals surface area contributed by atoms with Gasteiger partial charge in [0.2, 0.25) is 0 Å². The Morgan fingerprint density at radius 3 is 2.33 bits per heavy atom. The second-order valence-electron chi connectivity index (χ2n) is 7.60. The van der Waals surface area contributed by atoms with Crippen LogP contribution in [0.5, 0.6) is 0 Å².